The third-order valence-corrected chi connectivity index (χ3v) is 4.10. The molecule has 9 nitrogen and oxygen atoms in total. The summed E-state index contributed by atoms with van der Waals surface area (Å²) >= 11 is 1.28. The Labute approximate surface area is 148 Å². The van der Waals surface area contributed by atoms with Gasteiger partial charge in [-0.25, -0.2) is 4.99 Å². The van der Waals surface area contributed by atoms with Crippen LogP contribution in [0.5, 0.6) is 5.75 Å². The zero-order valence-electron chi connectivity index (χ0n) is 13.3. The number of rotatable bonds is 4. The molecule has 1 heterocycles. The molecule has 0 bridgehead atoms. The second-order valence-corrected chi connectivity index (χ2v) is 5.96. The van der Waals surface area contributed by atoms with Crippen molar-refractivity contribution < 1.29 is 29.9 Å². The lowest BCUT2D eigenvalue weighted by molar-refractivity contribution is -0.277. The Bertz CT molecular complexity index is 633. The summed E-state index contributed by atoms with van der Waals surface area (Å²) in [7, 11) is 0. The number of benzene rings is 1. The van der Waals surface area contributed by atoms with Gasteiger partial charge in [-0.1, -0.05) is 11.8 Å². The summed E-state index contributed by atoms with van der Waals surface area (Å²) in [5.41, 5.74) is 0.577. The normalized spacial score (nSPS) is 29.8. The monoisotopic (exact) mass is 369 g/mol. The van der Waals surface area contributed by atoms with E-state index in [-0.39, 0.29) is 0 Å². The third kappa shape index (κ3) is 4.82. The van der Waals surface area contributed by atoms with E-state index >= 15 is 0 Å². The van der Waals surface area contributed by atoms with E-state index in [1.54, 1.807) is 36.7 Å². The van der Waals surface area contributed by atoms with Crippen molar-refractivity contribution in [1.82, 2.24) is 5.32 Å². The predicted octanol–water partition coefficient (Wildman–Crippen LogP) is -0.714. The molecule has 2 rings (SSSR count). The molecule has 1 aromatic rings. The minimum absolute atomic E-state index is 0.335. The van der Waals surface area contributed by atoms with Gasteiger partial charge in [-0.15, -0.1) is 0 Å². The van der Waals surface area contributed by atoms with Crippen LogP contribution in [0.4, 0.5) is 5.69 Å². The number of nitrogens with zero attached hydrogens (tertiary/aromatic N) is 2. The molecule has 5 unspecified atom stereocenters. The second kappa shape index (κ2) is 9.00. The van der Waals surface area contributed by atoms with Crippen LogP contribution in [-0.4, -0.2) is 69.2 Å². The lowest BCUT2D eigenvalue weighted by Gasteiger charge is -2.39. The number of hydrogen-bond donors (Lipinski definition) is 5. The average Bonchev–Trinajstić information content (AvgIpc) is 2.63. The fourth-order valence-electron chi connectivity index (χ4n) is 2.19. The summed E-state index contributed by atoms with van der Waals surface area (Å²) in [5, 5.41) is 50.1. The van der Waals surface area contributed by atoms with Gasteiger partial charge in [-0.2, -0.15) is 5.26 Å². The van der Waals surface area contributed by atoms with Crippen molar-refractivity contribution in [2.24, 2.45) is 4.99 Å². The highest BCUT2D eigenvalue weighted by molar-refractivity contribution is 8.13. The second-order valence-electron chi connectivity index (χ2n) is 5.17. The molecule has 1 fully saturated rings. The van der Waals surface area contributed by atoms with Crippen molar-refractivity contribution in [3.8, 4) is 11.9 Å². The maximum absolute atomic E-state index is 9.94. The Morgan fingerprint density at radius 3 is 2.52 bits per heavy atom. The highest BCUT2D eigenvalue weighted by Crippen LogP contribution is 2.26. The zero-order valence-corrected chi connectivity index (χ0v) is 14.1. The van der Waals surface area contributed by atoms with Crippen LogP contribution in [0.3, 0.4) is 0 Å². The molecule has 5 atom stereocenters. The number of nitrogens with one attached hydrogen (secondary N) is 1. The standard InChI is InChI=1S/C15H19N3O6S/c1-25-15(17-7-16)18-8-2-4-9(5-3-8)23-14-13(22)12(21)11(20)10(6-19)24-14/h2-5,10-14,19-22H,6H2,1H3,(H,17,18). The van der Waals surface area contributed by atoms with Crippen molar-refractivity contribution >= 4 is 22.6 Å². The summed E-state index contributed by atoms with van der Waals surface area (Å²) in [6.07, 6.45) is -3.12. The van der Waals surface area contributed by atoms with Crippen LogP contribution in [0.1, 0.15) is 0 Å². The van der Waals surface area contributed by atoms with Gasteiger partial charge in [-0.3, -0.25) is 5.32 Å². The molecule has 25 heavy (non-hydrogen) atoms. The molecule has 0 amide bonds. The van der Waals surface area contributed by atoms with E-state index in [9.17, 15) is 15.3 Å². The van der Waals surface area contributed by atoms with Gasteiger partial charge in [0.25, 0.3) is 0 Å². The molecule has 0 spiro atoms. The highest BCUT2D eigenvalue weighted by Gasteiger charge is 2.44. The van der Waals surface area contributed by atoms with Gasteiger partial charge in [0.05, 0.1) is 12.3 Å². The molecule has 0 radical (unpaired) electrons. The van der Waals surface area contributed by atoms with E-state index in [0.29, 0.717) is 16.6 Å². The van der Waals surface area contributed by atoms with Gasteiger partial charge in [0.1, 0.15) is 30.2 Å². The molecule has 10 heteroatoms. The first-order valence-electron chi connectivity index (χ1n) is 7.35. The quantitative estimate of drug-likeness (QED) is 0.201. The Morgan fingerprint density at radius 1 is 1.28 bits per heavy atom. The predicted molar refractivity (Wildman–Crippen MR) is 90.2 cm³/mol. The fraction of sp³-hybridized carbons (Fsp3) is 0.467. The largest absolute Gasteiger partial charge is 0.462 e. The van der Waals surface area contributed by atoms with Crippen LogP contribution in [0.25, 0.3) is 0 Å². The number of amidine groups is 1. The van der Waals surface area contributed by atoms with Crippen molar-refractivity contribution in [3.05, 3.63) is 24.3 Å². The Morgan fingerprint density at radius 2 is 1.96 bits per heavy atom. The first kappa shape index (κ1) is 19.5. The Hall–Kier alpha value is -1.87. The summed E-state index contributed by atoms with van der Waals surface area (Å²) in [6, 6.07) is 6.42. The molecule has 0 aromatic heterocycles. The van der Waals surface area contributed by atoms with E-state index in [0.717, 1.165) is 0 Å². The number of aliphatic imine (C=N–C) groups is 1. The number of aliphatic hydroxyl groups is 4. The minimum Gasteiger partial charge on any atom is -0.462 e. The van der Waals surface area contributed by atoms with Gasteiger partial charge in [0, 0.05) is 0 Å². The summed E-state index contributed by atoms with van der Waals surface area (Å²) < 4.78 is 10.7. The Kier molecular flexibility index (Phi) is 7.01. The first-order chi connectivity index (χ1) is 12.0. The minimum atomic E-state index is -1.50. The average molecular weight is 369 g/mol. The zero-order chi connectivity index (χ0) is 18.4. The lowest BCUT2D eigenvalue weighted by atomic mass is 9.99. The molecular formula is C15H19N3O6S. The van der Waals surface area contributed by atoms with E-state index < -0.39 is 37.3 Å². The summed E-state index contributed by atoms with van der Waals surface area (Å²) in [6.45, 7) is -0.526. The van der Waals surface area contributed by atoms with E-state index in [1.165, 1.54) is 11.8 Å². The van der Waals surface area contributed by atoms with Crippen LogP contribution in [0.15, 0.2) is 29.3 Å². The van der Waals surface area contributed by atoms with Crippen molar-refractivity contribution in [3.63, 3.8) is 0 Å². The van der Waals surface area contributed by atoms with Crippen LogP contribution in [0.2, 0.25) is 0 Å². The van der Waals surface area contributed by atoms with Gasteiger partial charge >= 0.3 is 0 Å². The van der Waals surface area contributed by atoms with Gasteiger partial charge in [0.2, 0.25) is 6.29 Å². The maximum Gasteiger partial charge on any atom is 0.229 e. The molecule has 0 saturated carbocycles. The number of hydrogen-bond acceptors (Lipinski definition) is 9. The molecule has 0 aliphatic carbocycles. The topological polar surface area (TPSA) is 148 Å². The highest BCUT2D eigenvalue weighted by atomic mass is 32.2. The molecule has 1 saturated heterocycles. The van der Waals surface area contributed by atoms with E-state index in [2.05, 4.69) is 10.3 Å². The van der Waals surface area contributed by atoms with Crippen molar-refractivity contribution in [1.29, 1.82) is 5.26 Å². The number of aliphatic hydroxyl groups excluding tert-OH is 4. The van der Waals surface area contributed by atoms with Gasteiger partial charge < -0.3 is 29.9 Å². The van der Waals surface area contributed by atoms with Crippen LogP contribution < -0.4 is 10.1 Å². The number of ether oxygens (including phenoxy) is 2. The van der Waals surface area contributed by atoms with Crippen LogP contribution >= 0.6 is 11.8 Å². The molecular weight excluding hydrogens is 350 g/mol. The van der Waals surface area contributed by atoms with Crippen molar-refractivity contribution in [2.75, 3.05) is 12.9 Å². The van der Waals surface area contributed by atoms with Crippen molar-refractivity contribution in [2.45, 2.75) is 30.7 Å². The molecule has 1 aromatic carbocycles. The molecule has 5 N–H and O–H groups in total. The molecule has 136 valence electrons. The van der Waals surface area contributed by atoms with E-state index in [4.69, 9.17) is 19.8 Å². The molecule has 1 aliphatic heterocycles. The first-order valence-corrected chi connectivity index (χ1v) is 8.57. The molecule has 1 aliphatic rings. The SMILES string of the molecule is CSC(=Nc1ccc(OC2OC(CO)C(O)C(O)C2O)cc1)NC#N. The van der Waals surface area contributed by atoms with E-state index in [1.807, 2.05) is 0 Å². The number of nitriles is 1. The van der Waals surface area contributed by atoms with Crippen LogP contribution in [-0.2, 0) is 4.74 Å². The number of thioether (sulfide) groups is 1. The maximum atomic E-state index is 9.94. The summed E-state index contributed by atoms with van der Waals surface area (Å²) in [4.78, 5) is 4.22. The lowest BCUT2D eigenvalue weighted by Crippen LogP contribution is -2.60. The van der Waals surface area contributed by atoms with Gasteiger partial charge in [-0.05, 0) is 30.5 Å². The summed E-state index contributed by atoms with van der Waals surface area (Å²) in [5.74, 6) is 0.335. The third-order valence-electron chi connectivity index (χ3n) is 3.52. The smallest absolute Gasteiger partial charge is 0.229 e. The van der Waals surface area contributed by atoms with Gasteiger partial charge in [0.15, 0.2) is 11.4 Å². The van der Waals surface area contributed by atoms with Crippen LogP contribution in [0, 0.1) is 11.5 Å². The fourth-order valence-corrected chi connectivity index (χ4v) is 2.53. The Balaban J connectivity index is 2.07.